The molecular weight excluding hydrogens is 572 g/mol. The van der Waals surface area contributed by atoms with E-state index in [2.05, 4.69) is 16.9 Å². The van der Waals surface area contributed by atoms with Crippen molar-refractivity contribution >= 4 is 56.6 Å². The van der Waals surface area contributed by atoms with Crippen LogP contribution in [0.25, 0.3) is 44.7 Å². The van der Waals surface area contributed by atoms with Gasteiger partial charge >= 0.3 is 11.9 Å². The highest BCUT2D eigenvalue weighted by Crippen LogP contribution is 2.49. The highest BCUT2D eigenvalue weighted by atomic mass is 16.5. The maximum atomic E-state index is 13.2. The Labute approximate surface area is 260 Å². The van der Waals surface area contributed by atoms with Gasteiger partial charge in [-0.25, -0.2) is 14.8 Å². The summed E-state index contributed by atoms with van der Waals surface area (Å²) in [5.41, 5.74) is 11.0. The maximum Gasteiger partial charge on any atom is 0.342 e. The molecule has 0 saturated heterocycles. The van der Waals surface area contributed by atoms with Crippen LogP contribution in [0.5, 0.6) is 0 Å². The number of aromatic amines is 2. The summed E-state index contributed by atoms with van der Waals surface area (Å²) in [5, 5.41) is 32.0. The van der Waals surface area contributed by atoms with Crippen LogP contribution in [0.2, 0.25) is 0 Å². The molecule has 0 spiro atoms. The molecule has 10 nitrogen and oxygen atoms in total. The molecule has 5 heterocycles. The third-order valence-electron chi connectivity index (χ3n) is 9.64. The summed E-state index contributed by atoms with van der Waals surface area (Å²) >= 11 is 0. The standard InChI is InChI=1S/C35H38N4O6/c1-8-19-14(2)21-13-26-28(18(6)40)16(4)23(37-26)11-22-15(3)20(9-10-27(41)42)32(38-22)30-31(35(44)45-7)34(43)29-17(5)24(39-33(29)30)12-25(19)36-21/h11-13,15,18,20,38-40,43H,8-10H2,1-7H3,(H,41,42)/t15-,18?,20-/m0/s1. The number of carbonyl (C=O) groups is 2. The van der Waals surface area contributed by atoms with Crippen molar-refractivity contribution in [1.29, 1.82) is 0 Å². The van der Waals surface area contributed by atoms with E-state index in [1.165, 1.54) is 7.11 Å². The number of aromatic nitrogens is 4. The molecular formula is C35H38N4O6. The number of nitrogens with zero attached hydrogens (tertiary/aromatic N) is 2. The summed E-state index contributed by atoms with van der Waals surface area (Å²) in [6.45, 7) is 11.7. The quantitative estimate of drug-likeness (QED) is 0.227. The van der Waals surface area contributed by atoms with E-state index >= 15 is 0 Å². The number of carboxylic acid groups (broad SMARTS) is 1. The molecule has 0 radical (unpaired) electrons. The molecule has 0 amide bonds. The number of hydrogen-bond donors (Lipinski definition) is 5. The fourth-order valence-corrected chi connectivity index (χ4v) is 7.23. The van der Waals surface area contributed by atoms with E-state index in [1.54, 1.807) is 6.92 Å². The van der Waals surface area contributed by atoms with Crippen LogP contribution in [0.4, 0.5) is 0 Å². The number of methoxy groups -OCH3 is 1. The molecule has 6 rings (SSSR count). The van der Waals surface area contributed by atoms with Gasteiger partial charge < -0.3 is 30.0 Å². The van der Waals surface area contributed by atoms with E-state index in [-0.39, 0.29) is 29.6 Å². The number of aliphatic carboxylic acids is 1. The number of aliphatic hydroxyl groups excluding tert-OH is 2. The molecule has 0 saturated carbocycles. The van der Waals surface area contributed by atoms with Gasteiger partial charge in [-0.05, 0) is 81.0 Å². The number of rotatable bonds is 6. The minimum Gasteiger partial charge on any atom is -0.506 e. The zero-order valence-electron chi connectivity index (χ0n) is 26.5. The second kappa shape index (κ2) is 11.0. The third kappa shape index (κ3) is 4.66. The molecule has 2 aromatic heterocycles. The van der Waals surface area contributed by atoms with E-state index in [4.69, 9.17) is 14.7 Å². The summed E-state index contributed by atoms with van der Waals surface area (Å²) in [7, 11) is 1.27. The largest absolute Gasteiger partial charge is 0.506 e. The number of carbonyl (C=O) groups excluding carboxylic acids is 1. The Morgan fingerprint density at radius 3 is 2.33 bits per heavy atom. The Bertz CT molecular complexity index is 1970. The lowest BCUT2D eigenvalue weighted by Gasteiger charge is -2.17. The Morgan fingerprint density at radius 2 is 1.69 bits per heavy atom. The third-order valence-corrected chi connectivity index (χ3v) is 9.64. The van der Waals surface area contributed by atoms with Crippen molar-refractivity contribution in [2.24, 2.45) is 0 Å². The van der Waals surface area contributed by atoms with Crippen LogP contribution in [0.3, 0.4) is 0 Å². The molecule has 5 N–H and O–H groups in total. The lowest BCUT2D eigenvalue weighted by Crippen LogP contribution is -2.10. The van der Waals surface area contributed by atoms with Gasteiger partial charge in [0.2, 0.25) is 0 Å². The number of nitrogens with one attached hydrogen (secondary N) is 2. The monoisotopic (exact) mass is 610 g/mol. The Morgan fingerprint density at radius 1 is 1.00 bits per heavy atom. The van der Waals surface area contributed by atoms with E-state index in [9.17, 15) is 24.9 Å². The van der Waals surface area contributed by atoms with Crippen molar-refractivity contribution in [3.8, 4) is 0 Å². The molecule has 45 heavy (non-hydrogen) atoms. The Balaban J connectivity index is 1.81. The van der Waals surface area contributed by atoms with Gasteiger partial charge in [-0.2, -0.15) is 0 Å². The molecule has 10 heteroatoms. The first-order valence-electron chi connectivity index (χ1n) is 15.3. The molecule has 0 aromatic carbocycles. The number of carboxylic acids is 1. The van der Waals surface area contributed by atoms with Crippen molar-refractivity contribution in [1.82, 2.24) is 19.9 Å². The van der Waals surface area contributed by atoms with Crippen LogP contribution in [0.1, 0.15) is 117 Å². The van der Waals surface area contributed by atoms with Crippen LogP contribution in [0.15, 0.2) is 18.2 Å². The Kier molecular flexibility index (Phi) is 7.43. The predicted molar refractivity (Wildman–Crippen MR) is 173 cm³/mol. The van der Waals surface area contributed by atoms with Gasteiger partial charge in [-0.3, -0.25) is 4.79 Å². The number of aliphatic hydroxyl groups is 2. The van der Waals surface area contributed by atoms with Gasteiger partial charge in [0.15, 0.2) is 0 Å². The number of ether oxygens (including phenoxy) is 1. The number of hydrogen-bond acceptors (Lipinski definition) is 7. The van der Waals surface area contributed by atoms with E-state index < -0.39 is 18.0 Å². The second-order valence-corrected chi connectivity index (χ2v) is 12.2. The molecule has 4 aliphatic rings. The smallest absolute Gasteiger partial charge is 0.342 e. The van der Waals surface area contributed by atoms with E-state index in [0.29, 0.717) is 40.1 Å². The van der Waals surface area contributed by atoms with Gasteiger partial charge in [0.25, 0.3) is 0 Å². The lowest BCUT2D eigenvalue weighted by molar-refractivity contribution is -0.137. The van der Waals surface area contributed by atoms with Crippen LogP contribution < -0.4 is 0 Å². The highest BCUT2D eigenvalue weighted by Gasteiger charge is 2.39. The fourth-order valence-electron chi connectivity index (χ4n) is 7.23. The highest BCUT2D eigenvalue weighted by molar-refractivity contribution is 6.30. The first-order chi connectivity index (χ1) is 21.4. The first-order valence-corrected chi connectivity index (χ1v) is 15.3. The van der Waals surface area contributed by atoms with E-state index in [1.807, 2.05) is 45.9 Å². The normalized spacial score (nSPS) is 18.9. The van der Waals surface area contributed by atoms with Gasteiger partial charge in [0.05, 0.1) is 41.5 Å². The summed E-state index contributed by atoms with van der Waals surface area (Å²) in [6, 6.07) is 5.82. The molecule has 1 unspecified atom stereocenters. The number of esters is 1. The van der Waals surface area contributed by atoms with Crippen molar-refractivity contribution in [2.75, 3.05) is 7.11 Å². The van der Waals surface area contributed by atoms with Gasteiger partial charge in [-0.15, -0.1) is 0 Å². The van der Waals surface area contributed by atoms with Crippen LogP contribution in [0, 0.1) is 6.92 Å². The number of H-pyrrole nitrogens is 2. The molecule has 3 atom stereocenters. The first kappa shape index (κ1) is 30.3. The van der Waals surface area contributed by atoms with Crippen molar-refractivity contribution in [3.05, 3.63) is 69.1 Å². The number of aryl methyl sites for hydroxylation is 1. The maximum absolute atomic E-state index is 13.2. The van der Waals surface area contributed by atoms with Gasteiger partial charge in [-0.1, -0.05) is 13.8 Å². The lowest BCUT2D eigenvalue weighted by atomic mass is 9.85. The summed E-state index contributed by atoms with van der Waals surface area (Å²) in [5.74, 6) is -2.30. The number of fused-ring (bicyclic) bond motifs is 8. The molecule has 8 bridgehead atoms. The number of allylic oxidation sites excluding steroid dienone is 3. The van der Waals surface area contributed by atoms with Crippen molar-refractivity contribution in [3.63, 3.8) is 0 Å². The average Bonchev–Trinajstić information content (AvgIpc) is 3.72. The molecule has 234 valence electrons. The topological polar surface area (TPSA) is 161 Å². The fraction of sp³-hybridized carbons (Fsp3) is 0.371. The Hall–Kier alpha value is -4.70. The van der Waals surface area contributed by atoms with Gasteiger partial charge in [0, 0.05) is 51.9 Å². The predicted octanol–water partition coefficient (Wildman–Crippen LogP) is 6.66. The summed E-state index contributed by atoms with van der Waals surface area (Å²) in [6.07, 6.45) is 0.189. The molecule has 3 aliphatic heterocycles. The zero-order valence-corrected chi connectivity index (χ0v) is 26.5. The minimum atomic E-state index is -0.924. The van der Waals surface area contributed by atoms with Gasteiger partial charge in [0.1, 0.15) is 11.3 Å². The van der Waals surface area contributed by atoms with Crippen molar-refractivity contribution in [2.45, 2.75) is 78.7 Å². The summed E-state index contributed by atoms with van der Waals surface area (Å²) < 4.78 is 5.14. The SMILES string of the molecule is CCC1=C(C)c2cc3nc(cc4[nH]c(c5c6[nH]c(cc1n2)c(C)c6C(O)=C5C(=O)OC)[C@@H](CCC(=O)O)[C@@H]4C)C(C)=C3C(C)O. The molecule has 0 fully saturated rings. The molecule has 2 aromatic rings. The summed E-state index contributed by atoms with van der Waals surface area (Å²) in [4.78, 5) is 41.9. The average molecular weight is 611 g/mol. The van der Waals surface area contributed by atoms with E-state index in [0.717, 1.165) is 56.9 Å². The van der Waals surface area contributed by atoms with Crippen LogP contribution in [-0.4, -0.2) is 60.4 Å². The minimum absolute atomic E-state index is 0.0282. The second-order valence-electron chi connectivity index (χ2n) is 12.2. The van der Waals surface area contributed by atoms with Crippen LogP contribution >= 0.6 is 0 Å². The zero-order chi connectivity index (χ0) is 32.5. The van der Waals surface area contributed by atoms with Crippen LogP contribution in [-0.2, 0) is 14.3 Å². The molecule has 1 aliphatic carbocycles. The van der Waals surface area contributed by atoms with Crippen molar-refractivity contribution < 1.29 is 29.6 Å².